The summed E-state index contributed by atoms with van der Waals surface area (Å²) in [4.78, 5) is 24.9. The van der Waals surface area contributed by atoms with Crippen molar-refractivity contribution >= 4 is 29.3 Å². The molecule has 1 aromatic rings. The minimum absolute atomic E-state index is 0.101. The largest absolute Gasteiger partial charge is 0.478 e. The molecule has 0 unspecified atom stereocenters. The molecule has 2 rings (SSSR count). The van der Waals surface area contributed by atoms with Crippen molar-refractivity contribution in [3.63, 3.8) is 0 Å². The van der Waals surface area contributed by atoms with Gasteiger partial charge in [-0.1, -0.05) is 30.9 Å². The van der Waals surface area contributed by atoms with Crippen molar-refractivity contribution in [3.05, 3.63) is 28.8 Å². The molecule has 1 aliphatic heterocycles. The van der Waals surface area contributed by atoms with Crippen LogP contribution in [-0.4, -0.2) is 35.1 Å². The van der Waals surface area contributed by atoms with Crippen LogP contribution in [0.1, 0.15) is 42.5 Å². The third-order valence-corrected chi connectivity index (χ3v) is 3.91. The van der Waals surface area contributed by atoms with E-state index in [0.717, 1.165) is 38.8 Å². The van der Waals surface area contributed by atoms with Gasteiger partial charge in [-0.2, -0.15) is 0 Å². The van der Waals surface area contributed by atoms with Crippen LogP contribution in [-0.2, 0) is 0 Å². The molecule has 0 radical (unpaired) electrons. The standard InChI is InChI=1S/C15H19ClN2O3/c16-12-10-11(14(19)20)6-7-13(12)17-15(21)18-8-4-2-1-3-5-9-18/h6-7,10H,1-5,8-9H2,(H,17,21)(H,19,20). The van der Waals surface area contributed by atoms with Crippen LogP contribution in [0.5, 0.6) is 0 Å². The molecule has 1 aliphatic rings. The smallest absolute Gasteiger partial charge is 0.335 e. The maximum absolute atomic E-state index is 12.2. The number of nitrogens with one attached hydrogen (secondary N) is 1. The highest BCUT2D eigenvalue weighted by Crippen LogP contribution is 2.24. The number of halogens is 1. The van der Waals surface area contributed by atoms with Crippen LogP contribution in [0.25, 0.3) is 0 Å². The summed E-state index contributed by atoms with van der Waals surface area (Å²) in [6, 6.07) is 4.11. The Morgan fingerprint density at radius 3 is 2.29 bits per heavy atom. The molecule has 0 bridgehead atoms. The zero-order chi connectivity index (χ0) is 15.2. The van der Waals surface area contributed by atoms with Gasteiger partial charge in [0.2, 0.25) is 0 Å². The predicted molar refractivity (Wildman–Crippen MR) is 82.1 cm³/mol. The van der Waals surface area contributed by atoms with E-state index in [0.29, 0.717) is 5.69 Å². The number of carboxylic acid groups (broad SMARTS) is 1. The summed E-state index contributed by atoms with van der Waals surface area (Å²) in [7, 11) is 0. The van der Waals surface area contributed by atoms with Crippen LogP contribution >= 0.6 is 11.6 Å². The van der Waals surface area contributed by atoms with Gasteiger partial charge in [0, 0.05) is 13.1 Å². The molecule has 6 heteroatoms. The van der Waals surface area contributed by atoms with E-state index >= 15 is 0 Å². The molecule has 1 aromatic carbocycles. The normalized spacial score (nSPS) is 16.0. The first-order valence-corrected chi connectivity index (χ1v) is 7.54. The van der Waals surface area contributed by atoms with Crippen LogP contribution in [0.15, 0.2) is 18.2 Å². The summed E-state index contributed by atoms with van der Waals surface area (Å²) in [6.45, 7) is 1.49. The lowest BCUT2D eigenvalue weighted by atomic mass is 10.1. The first-order chi connectivity index (χ1) is 10.1. The van der Waals surface area contributed by atoms with Gasteiger partial charge < -0.3 is 15.3 Å². The second-order valence-corrected chi connectivity index (χ2v) is 5.59. The Balaban J connectivity index is 2.02. The molecule has 0 saturated carbocycles. The number of amides is 2. The number of carbonyl (C=O) groups excluding carboxylic acids is 1. The lowest BCUT2D eigenvalue weighted by Crippen LogP contribution is -2.37. The second-order valence-electron chi connectivity index (χ2n) is 5.18. The van der Waals surface area contributed by atoms with Gasteiger partial charge in [-0.3, -0.25) is 0 Å². The van der Waals surface area contributed by atoms with Crippen LogP contribution in [0, 0.1) is 0 Å². The summed E-state index contributed by atoms with van der Waals surface area (Å²) >= 11 is 6.02. The van der Waals surface area contributed by atoms with E-state index in [1.165, 1.54) is 24.6 Å². The summed E-state index contributed by atoms with van der Waals surface area (Å²) in [5.41, 5.74) is 0.540. The van der Waals surface area contributed by atoms with Crippen molar-refractivity contribution in [2.45, 2.75) is 32.1 Å². The number of hydrogen-bond acceptors (Lipinski definition) is 2. The molecule has 0 aromatic heterocycles. The van der Waals surface area contributed by atoms with E-state index < -0.39 is 5.97 Å². The number of carbonyl (C=O) groups is 2. The third-order valence-electron chi connectivity index (χ3n) is 3.60. The Bertz CT molecular complexity index is 526. The Kier molecular flexibility index (Phi) is 5.44. The third kappa shape index (κ3) is 4.36. The second kappa shape index (κ2) is 7.31. The maximum Gasteiger partial charge on any atom is 0.335 e. The van der Waals surface area contributed by atoms with Gasteiger partial charge in [0.1, 0.15) is 0 Å². The molecule has 0 atom stereocenters. The van der Waals surface area contributed by atoms with E-state index in [2.05, 4.69) is 5.32 Å². The number of rotatable bonds is 2. The van der Waals surface area contributed by atoms with Crippen molar-refractivity contribution < 1.29 is 14.7 Å². The van der Waals surface area contributed by atoms with Crippen LogP contribution < -0.4 is 5.32 Å². The molecule has 0 aliphatic carbocycles. The lowest BCUT2D eigenvalue weighted by molar-refractivity contribution is 0.0697. The Labute approximate surface area is 128 Å². The first-order valence-electron chi connectivity index (χ1n) is 7.16. The number of carboxylic acids is 1. The Morgan fingerprint density at radius 2 is 1.71 bits per heavy atom. The molecule has 114 valence electrons. The average Bonchev–Trinajstić information content (AvgIpc) is 2.40. The minimum atomic E-state index is -1.04. The van der Waals surface area contributed by atoms with Gasteiger partial charge in [0.05, 0.1) is 16.3 Å². The van der Waals surface area contributed by atoms with Gasteiger partial charge in [0.25, 0.3) is 0 Å². The highest BCUT2D eigenvalue weighted by atomic mass is 35.5. The van der Waals surface area contributed by atoms with Gasteiger partial charge in [0.15, 0.2) is 0 Å². The molecule has 1 heterocycles. The van der Waals surface area contributed by atoms with Crippen molar-refractivity contribution in [2.75, 3.05) is 18.4 Å². The van der Waals surface area contributed by atoms with E-state index in [-0.39, 0.29) is 16.6 Å². The fourth-order valence-electron chi connectivity index (χ4n) is 2.39. The molecular formula is C15H19ClN2O3. The predicted octanol–water partition coefficient (Wildman–Crippen LogP) is 3.84. The fraction of sp³-hybridized carbons (Fsp3) is 0.467. The highest BCUT2D eigenvalue weighted by molar-refractivity contribution is 6.34. The van der Waals surface area contributed by atoms with Crippen LogP contribution in [0.2, 0.25) is 5.02 Å². The number of benzene rings is 1. The van der Waals surface area contributed by atoms with E-state index in [1.54, 1.807) is 4.90 Å². The number of nitrogens with zero attached hydrogens (tertiary/aromatic N) is 1. The highest BCUT2D eigenvalue weighted by Gasteiger charge is 2.16. The number of urea groups is 1. The fourth-order valence-corrected chi connectivity index (χ4v) is 2.62. The SMILES string of the molecule is O=C(O)c1ccc(NC(=O)N2CCCCCCC2)c(Cl)c1. The zero-order valence-corrected chi connectivity index (χ0v) is 12.5. The van der Waals surface area contributed by atoms with E-state index in [1.807, 2.05) is 0 Å². The van der Waals surface area contributed by atoms with E-state index in [4.69, 9.17) is 16.7 Å². The molecule has 2 amide bonds. The summed E-state index contributed by atoms with van der Waals surface area (Å²) < 4.78 is 0. The number of anilines is 1. The van der Waals surface area contributed by atoms with Gasteiger partial charge >= 0.3 is 12.0 Å². The number of hydrogen-bond donors (Lipinski definition) is 2. The average molecular weight is 311 g/mol. The lowest BCUT2D eigenvalue weighted by Gasteiger charge is -2.25. The van der Waals surface area contributed by atoms with Gasteiger partial charge in [-0.05, 0) is 31.0 Å². The number of aromatic carboxylic acids is 1. The van der Waals surface area contributed by atoms with Crippen molar-refractivity contribution in [1.82, 2.24) is 4.90 Å². The van der Waals surface area contributed by atoms with Crippen molar-refractivity contribution in [3.8, 4) is 0 Å². The van der Waals surface area contributed by atoms with Crippen LogP contribution in [0.4, 0.5) is 10.5 Å². The maximum atomic E-state index is 12.2. The molecule has 0 spiro atoms. The Hall–Kier alpha value is -1.75. The molecule has 21 heavy (non-hydrogen) atoms. The summed E-state index contributed by atoms with van der Waals surface area (Å²) in [5.74, 6) is -1.04. The molecule has 1 fully saturated rings. The first kappa shape index (κ1) is 15.6. The number of likely N-dealkylation sites (tertiary alicyclic amines) is 1. The van der Waals surface area contributed by atoms with Gasteiger partial charge in [-0.25, -0.2) is 9.59 Å². The summed E-state index contributed by atoms with van der Waals surface area (Å²) in [5, 5.41) is 11.9. The van der Waals surface area contributed by atoms with Crippen LogP contribution in [0.3, 0.4) is 0 Å². The van der Waals surface area contributed by atoms with Crippen molar-refractivity contribution in [1.29, 1.82) is 0 Å². The van der Waals surface area contributed by atoms with Crippen molar-refractivity contribution in [2.24, 2.45) is 0 Å². The molecule has 5 nitrogen and oxygen atoms in total. The minimum Gasteiger partial charge on any atom is -0.478 e. The quantitative estimate of drug-likeness (QED) is 0.872. The monoisotopic (exact) mass is 310 g/mol. The molecular weight excluding hydrogens is 292 g/mol. The summed E-state index contributed by atoms with van der Waals surface area (Å²) in [6.07, 6.45) is 5.56. The van der Waals surface area contributed by atoms with E-state index in [9.17, 15) is 9.59 Å². The topological polar surface area (TPSA) is 69.6 Å². The zero-order valence-electron chi connectivity index (χ0n) is 11.8. The molecule has 2 N–H and O–H groups in total. The van der Waals surface area contributed by atoms with Gasteiger partial charge in [-0.15, -0.1) is 0 Å². The Morgan fingerprint density at radius 1 is 1.10 bits per heavy atom. The molecule has 1 saturated heterocycles.